The molecule has 0 heterocycles. The number of nitriles is 1. The molecule has 0 aromatic heterocycles. The van der Waals surface area contributed by atoms with Crippen molar-refractivity contribution in [1.82, 2.24) is 4.90 Å². The molecule has 2 aromatic carbocycles. The van der Waals surface area contributed by atoms with Crippen molar-refractivity contribution >= 4 is 5.84 Å². The van der Waals surface area contributed by atoms with E-state index in [-0.39, 0.29) is 0 Å². The smallest absolute Gasteiger partial charge is 0.186 e. The fourth-order valence-electron chi connectivity index (χ4n) is 2.57. The van der Waals surface area contributed by atoms with E-state index >= 15 is 0 Å². The average molecular weight is 291 g/mol. The summed E-state index contributed by atoms with van der Waals surface area (Å²) in [5.41, 5.74) is 2.70. The van der Waals surface area contributed by atoms with E-state index in [0.717, 1.165) is 16.7 Å². The molecule has 2 aromatic rings. The van der Waals surface area contributed by atoms with Crippen LogP contribution in [-0.4, -0.2) is 10.7 Å². The largest absolute Gasteiger partial charge is 0.287 e. The van der Waals surface area contributed by atoms with Crippen LogP contribution in [0.3, 0.4) is 0 Å². The van der Waals surface area contributed by atoms with Crippen molar-refractivity contribution in [3.8, 4) is 6.19 Å². The molecule has 0 fully saturated rings. The molecule has 3 nitrogen and oxygen atoms in total. The van der Waals surface area contributed by atoms with Gasteiger partial charge in [0.05, 0.1) is 5.54 Å². The minimum atomic E-state index is -0.546. The maximum Gasteiger partial charge on any atom is 0.186 e. The lowest BCUT2D eigenvalue weighted by molar-refractivity contribution is 0.294. The van der Waals surface area contributed by atoms with Gasteiger partial charge in [0.25, 0.3) is 0 Å². The van der Waals surface area contributed by atoms with Gasteiger partial charge in [0.15, 0.2) is 6.19 Å². The van der Waals surface area contributed by atoms with Gasteiger partial charge in [0.1, 0.15) is 5.84 Å². The number of nitrogens with one attached hydrogen (secondary N) is 1. The van der Waals surface area contributed by atoms with Crippen LogP contribution < -0.4 is 0 Å². The van der Waals surface area contributed by atoms with Gasteiger partial charge in [-0.05, 0) is 37.5 Å². The van der Waals surface area contributed by atoms with Gasteiger partial charge in [-0.15, -0.1) is 0 Å². The first-order chi connectivity index (χ1) is 10.5. The number of nitrogens with zero attached hydrogens (tertiary/aromatic N) is 2. The fraction of sp³-hybridized carbons (Fsp3) is 0.263. The first-order valence-electron chi connectivity index (χ1n) is 7.34. The van der Waals surface area contributed by atoms with Crippen LogP contribution in [0, 0.1) is 23.8 Å². The van der Waals surface area contributed by atoms with Gasteiger partial charge in [-0.2, -0.15) is 5.26 Å². The molecule has 22 heavy (non-hydrogen) atoms. The topological polar surface area (TPSA) is 50.9 Å². The van der Waals surface area contributed by atoms with Gasteiger partial charge < -0.3 is 0 Å². The van der Waals surface area contributed by atoms with Gasteiger partial charge >= 0.3 is 0 Å². The molecule has 0 aliphatic heterocycles. The Kier molecular flexibility index (Phi) is 4.62. The third-order valence-electron chi connectivity index (χ3n) is 4.03. The second kappa shape index (κ2) is 6.44. The molecule has 0 spiro atoms. The van der Waals surface area contributed by atoms with E-state index in [1.807, 2.05) is 75.4 Å². The number of rotatable bonds is 4. The summed E-state index contributed by atoms with van der Waals surface area (Å²) in [5.74, 6) is 0.311. The van der Waals surface area contributed by atoms with Crippen molar-refractivity contribution in [3.63, 3.8) is 0 Å². The Morgan fingerprint density at radius 3 is 2.27 bits per heavy atom. The van der Waals surface area contributed by atoms with E-state index in [1.165, 1.54) is 4.90 Å². The second-order valence-electron chi connectivity index (χ2n) is 5.91. The molecule has 0 bridgehead atoms. The Hall–Kier alpha value is -2.60. The van der Waals surface area contributed by atoms with E-state index in [4.69, 9.17) is 5.41 Å². The maximum absolute atomic E-state index is 9.58. The molecule has 2 rings (SSSR count). The lowest BCUT2D eigenvalue weighted by Crippen LogP contribution is -2.42. The molecule has 0 amide bonds. The number of hydrogen-bond acceptors (Lipinski definition) is 2. The summed E-state index contributed by atoms with van der Waals surface area (Å²) >= 11 is 0. The van der Waals surface area contributed by atoms with Crippen LogP contribution in [-0.2, 0) is 12.0 Å². The van der Waals surface area contributed by atoms with E-state index < -0.39 is 5.54 Å². The third-order valence-corrected chi connectivity index (χ3v) is 4.03. The summed E-state index contributed by atoms with van der Waals surface area (Å²) in [7, 11) is 0. The number of hydrogen-bond donors (Lipinski definition) is 1. The predicted molar refractivity (Wildman–Crippen MR) is 89.5 cm³/mol. The molecular weight excluding hydrogens is 270 g/mol. The van der Waals surface area contributed by atoms with Crippen LogP contribution in [0.2, 0.25) is 0 Å². The lowest BCUT2D eigenvalue weighted by Gasteiger charge is -2.35. The molecular formula is C19H21N3. The average Bonchev–Trinajstić information content (AvgIpc) is 2.51. The highest BCUT2D eigenvalue weighted by molar-refractivity contribution is 5.84. The van der Waals surface area contributed by atoms with E-state index in [1.54, 1.807) is 0 Å². The Balaban J connectivity index is 2.27. The third kappa shape index (κ3) is 3.17. The molecule has 0 aliphatic carbocycles. The molecule has 0 radical (unpaired) electrons. The maximum atomic E-state index is 9.58. The van der Waals surface area contributed by atoms with E-state index in [2.05, 4.69) is 6.19 Å². The summed E-state index contributed by atoms with van der Waals surface area (Å²) in [6.45, 7) is 5.97. The van der Waals surface area contributed by atoms with Crippen LogP contribution >= 0.6 is 0 Å². The van der Waals surface area contributed by atoms with Crippen LogP contribution in [0.15, 0.2) is 54.6 Å². The lowest BCUT2D eigenvalue weighted by atomic mass is 9.91. The normalized spacial score (nSPS) is 10.8. The van der Waals surface area contributed by atoms with Gasteiger partial charge in [0.2, 0.25) is 0 Å². The first kappa shape index (κ1) is 15.8. The molecule has 0 saturated heterocycles. The van der Waals surface area contributed by atoms with Crippen LogP contribution in [0.4, 0.5) is 0 Å². The highest BCUT2D eigenvalue weighted by Gasteiger charge is 2.31. The number of benzene rings is 2. The van der Waals surface area contributed by atoms with Crippen molar-refractivity contribution in [1.29, 1.82) is 10.7 Å². The summed E-state index contributed by atoms with van der Waals surface area (Å²) in [5, 5.41) is 18.0. The summed E-state index contributed by atoms with van der Waals surface area (Å²) in [6.07, 6.45) is 2.64. The van der Waals surface area contributed by atoms with Crippen molar-refractivity contribution in [3.05, 3.63) is 71.3 Å². The molecule has 3 heteroatoms. The quantitative estimate of drug-likeness (QED) is 0.396. The fourth-order valence-corrected chi connectivity index (χ4v) is 2.57. The van der Waals surface area contributed by atoms with Crippen LogP contribution in [0.1, 0.15) is 30.5 Å². The number of amidine groups is 1. The van der Waals surface area contributed by atoms with Crippen molar-refractivity contribution in [2.24, 2.45) is 0 Å². The first-order valence-corrected chi connectivity index (χ1v) is 7.34. The minimum absolute atomic E-state index is 0.311. The Morgan fingerprint density at radius 1 is 1.09 bits per heavy atom. The Labute approximate surface area is 132 Å². The molecule has 0 atom stereocenters. The van der Waals surface area contributed by atoms with Gasteiger partial charge in [-0.25, -0.2) is 0 Å². The van der Waals surface area contributed by atoms with E-state index in [0.29, 0.717) is 12.3 Å². The Bertz CT molecular complexity index is 696. The molecule has 1 N–H and O–H groups in total. The zero-order valence-corrected chi connectivity index (χ0v) is 13.3. The molecule has 0 aliphatic rings. The second-order valence-corrected chi connectivity index (χ2v) is 5.91. The van der Waals surface area contributed by atoms with Crippen molar-refractivity contribution in [2.75, 3.05) is 0 Å². The van der Waals surface area contributed by atoms with Gasteiger partial charge in [-0.1, -0.05) is 54.6 Å². The highest BCUT2D eigenvalue weighted by atomic mass is 15.2. The SMILES string of the molecule is Cc1ccccc1CC(=N)N(C#N)C(C)(C)c1ccccc1. The van der Waals surface area contributed by atoms with Crippen molar-refractivity contribution in [2.45, 2.75) is 32.7 Å². The minimum Gasteiger partial charge on any atom is -0.287 e. The van der Waals surface area contributed by atoms with Crippen LogP contribution in [0.5, 0.6) is 0 Å². The van der Waals surface area contributed by atoms with Gasteiger partial charge in [-0.3, -0.25) is 10.3 Å². The number of aryl methyl sites for hydroxylation is 1. The monoisotopic (exact) mass is 291 g/mol. The van der Waals surface area contributed by atoms with Crippen LogP contribution in [0.25, 0.3) is 0 Å². The predicted octanol–water partition coefficient (Wildman–Crippen LogP) is 4.23. The van der Waals surface area contributed by atoms with E-state index in [9.17, 15) is 5.26 Å². The molecule has 0 unspecified atom stereocenters. The van der Waals surface area contributed by atoms with Crippen molar-refractivity contribution < 1.29 is 0 Å². The molecule has 112 valence electrons. The highest BCUT2D eigenvalue weighted by Crippen LogP contribution is 2.28. The van der Waals surface area contributed by atoms with Gasteiger partial charge in [0, 0.05) is 6.42 Å². The zero-order valence-electron chi connectivity index (χ0n) is 13.3. The molecule has 0 saturated carbocycles. The zero-order chi connectivity index (χ0) is 16.2. The summed E-state index contributed by atoms with van der Waals surface area (Å²) in [6, 6.07) is 17.8. The summed E-state index contributed by atoms with van der Waals surface area (Å²) < 4.78 is 0. The Morgan fingerprint density at radius 2 is 1.68 bits per heavy atom. The standard InChI is InChI=1S/C19H21N3/c1-15-9-7-8-10-16(15)13-18(21)22(14-20)19(2,3)17-11-5-4-6-12-17/h4-12,21H,13H2,1-3H3. The summed E-state index contributed by atoms with van der Waals surface area (Å²) in [4.78, 5) is 1.49.